The third-order valence-corrected chi connectivity index (χ3v) is 3.73. The smallest absolute Gasteiger partial charge is 0.336 e. The predicted octanol–water partition coefficient (Wildman–Crippen LogP) is 3.29. The molecule has 4 nitrogen and oxygen atoms in total. The van der Waals surface area contributed by atoms with Gasteiger partial charge in [0.15, 0.2) is 0 Å². The Balaban J connectivity index is 2.42. The van der Waals surface area contributed by atoms with Crippen molar-refractivity contribution in [1.82, 2.24) is 4.90 Å². The largest absolute Gasteiger partial charge is 0.478 e. The number of rotatable bonds is 8. The second-order valence-electron chi connectivity index (χ2n) is 4.31. The van der Waals surface area contributed by atoms with Crippen molar-refractivity contribution in [3.8, 4) is 0 Å². The van der Waals surface area contributed by atoms with Gasteiger partial charge in [-0.15, -0.1) is 0 Å². The molecule has 0 aromatic heterocycles. The number of carbonyl (C=O) groups is 1. The fourth-order valence-electron chi connectivity index (χ4n) is 1.87. The molecule has 0 fully saturated rings. The van der Waals surface area contributed by atoms with Gasteiger partial charge >= 0.3 is 5.97 Å². The standard InChI is InChI=1S/C14H21BrN2O2/c1-3-17(4-2)9-5-8-16-11-6-7-12(14(18)19)13(15)10-11/h6-7,10,16H,3-5,8-9H2,1-2H3,(H,18,19). The minimum atomic E-state index is -0.917. The zero-order valence-electron chi connectivity index (χ0n) is 11.4. The third kappa shape index (κ3) is 5.20. The van der Waals surface area contributed by atoms with Crippen LogP contribution in [0, 0.1) is 0 Å². The molecule has 2 N–H and O–H groups in total. The number of halogens is 1. The van der Waals surface area contributed by atoms with Gasteiger partial charge in [0, 0.05) is 16.7 Å². The highest BCUT2D eigenvalue weighted by atomic mass is 79.9. The molecule has 1 aromatic rings. The van der Waals surface area contributed by atoms with Gasteiger partial charge in [-0.25, -0.2) is 4.79 Å². The molecule has 0 heterocycles. The summed E-state index contributed by atoms with van der Waals surface area (Å²) in [5.74, 6) is -0.917. The van der Waals surface area contributed by atoms with Crippen molar-refractivity contribution in [3.05, 3.63) is 28.2 Å². The van der Waals surface area contributed by atoms with Crippen LogP contribution >= 0.6 is 15.9 Å². The zero-order chi connectivity index (χ0) is 14.3. The maximum absolute atomic E-state index is 10.9. The van der Waals surface area contributed by atoms with Gasteiger partial charge in [0.25, 0.3) is 0 Å². The van der Waals surface area contributed by atoms with Crippen LogP contribution in [0.15, 0.2) is 22.7 Å². The third-order valence-electron chi connectivity index (χ3n) is 3.07. The van der Waals surface area contributed by atoms with Gasteiger partial charge < -0.3 is 15.3 Å². The molecule has 106 valence electrons. The van der Waals surface area contributed by atoms with Crippen molar-refractivity contribution in [2.45, 2.75) is 20.3 Å². The van der Waals surface area contributed by atoms with Gasteiger partial charge in [-0.1, -0.05) is 13.8 Å². The normalized spacial score (nSPS) is 10.7. The van der Waals surface area contributed by atoms with E-state index >= 15 is 0 Å². The summed E-state index contributed by atoms with van der Waals surface area (Å²) in [6.07, 6.45) is 1.07. The molecule has 0 amide bonds. The average Bonchev–Trinajstić information content (AvgIpc) is 2.38. The van der Waals surface area contributed by atoms with E-state index in [1.807, 2.05) is 0 Å². The number of nitrogens with one attached hydrogen (secondary N) is 1. The van der Waals surface area contributed by atoms with E-state index in [4.69, 9.17) is 5.11 Å². The summed E-state index contributed by atoms with van der Waals surface area (Å²) in [5.41, 5.74) is 1.23. The lowest BCUT2D eigenvalue weighted by Gasteiger charge is -2.18. The Hall–Kier alpha value is -1.07. The van der Waals surface area contributed by atoms with E-state index in [-0.39, 0.29) is 5.56 Å². The van der Waals surface area contributed by atoms with Crippen LogP contribution in [-0.2, 0) is 0 Å². The van der Waals surface area contributed by atoms with E-state index in [0.717, 1.165) is 38.3 Å². The Morgan fingerprint density at radius 3 is 2.58 bits per heavy atom. The maximum Gasteiger partial charge on any atom is 0.336 e. The van der Waals surface area contributed by atoms with Crippen molar-refractivity contribution >= 4 is 27.6 Å². The number of nitrogens with zero attached hydrogens (tertiary/aromatic N) is 1. The van der Waals surface area contributed by atoms with E-state index in [2.05, 4.69) is 40.0 Å². The molecule has 0 radical (unpaired) electrons. The molecule has 0 unspecified atom stereocenters. The molecule has 0 bridgehead atoms. The van der Waals surface area contributed by atoms with Crippen LogP contribution in [0.3, 0.4) is 0 Å². The number of hydrogen-bond donors (Lipinski definition) is 2. The molecule has 0 saturated carbocycles. The van der Waals surface area contributed by atoms with Crippen LogP contribution in [0.5, 0.6) is 0 Å². The number of hydrogen-bond acceptors (Lipinski definition) is 3. The lowest BCUT2D eigenvalue weighted by Crippen LogP contribution is -2.25. The first-order valence-corrected chi connectivity index (χ1v) is 7.36. The SMILES string of the molecule is CCN(CC)CCCNc1ccc(C(=O)O)c(Br)c1. The monoisotopic (exact) mass is 328 g/mol. The minimum absolute atomic E-state index is 0.286. The first-order valence-electron chi connectivity index (χ1n) is 6.57. The van der Waals surface area contributed by atoms with Gasteiger partial charge in [0.05, 0.1) is 5.56 Å². The lowest BCUT2D eigenvalue weighted by molar-refractivity contribution is 0.0696. The summed E-state index contributed by atoms with van der Waals surface area (Å²) in [7, 11) is 0. The molecule has 1 aromatic carbocycles. The van der Waals surface area contributed by atoms with Gasteiger partial charge in [0.1, 0.15) is 0 Å². The molecule has 0 aliphatic carbocycles. The summed E-state index contributed by atoms with van der Waals surface area (Å²) in [5, 5.41) is 12.2. The van der Waals surface area contributed by atoms with Crippen molar-refractivity contribution in [2.75, 3.05) is 31.5 Å². The van der Waals surface area contributed by atoms with Crippen molar-refractivity contribution < 1.29 is 9.90 Å². The number of carboxylic acid groups (broad SMARTS) is 1. The summed E-state index contributed by atoms with van der Waals surface area (Å²) < 4.78 is 0.605. The fourth-order valence-corrected chi connectivity index (χ4v) is 2.42. The second kappa shape index (κ2) is 8.17. The van der Waals surface area contributed by atoms with Crippen LogP contribution in [-0.4, -0.2) is 42.2 Å². The van der Waals surface area contributed by atoms with E-state index < -0.39 is 5.97 Å². The second-order valence-corrected chi connectivity index (χ2v) is 5.16. The minimum Gasteiger partial charge on any atom is -0.478 e. The molecule has 5 heteroatoms. The Kier molecular flexibility index (Phi) is 6.87. The number of benzene rings is 1. The quantitative estimate of drug-likeness (QED) is 0.719. The van der Waals surface area contributed by atoms with Gasteiger partial charge in [-0.05, 0) is 60.2 Å². The highest BCUT2D eigenvalue weighted by Crippen LogP contribution is 2.21. The fraction of sp³-hybridized carbons (Fsp3) is 0.500. The van der Waals surface area contributed by atoms with E-state index in [1.165, 1.54) is 0 Å². The van der Waals surface area contributed by atoms with Crippen molar-refractivity contribution in [2.24, 2.45) is 0 Å². The summed E-state index contributed by atoms with van der Waals surface area (Å²) in [6.45, 7) is 8.45. The first-order chi connectivity index (χ1) is 9.08. The van der Waals surface area contributed by atoms with Crippen LogP contribution in [0.4, 0.5) is 5.69 Å². The summed E-state index contributed by atoms with van der Waals surface area (Å²) >= 11 is 3.27. The summed E-state index contributed by atoms with van der Waals surface area (Å²) in [6, 6.07) is 5.21. The van der Waals surface area contributed by atoms with Crippen molar-refractivity contribution in [1.29, 1.82) is 0 Å². The summed E-state index contributed by atoms with van der Waals surface area (Å²) in [4.78, 5) is 13.3. The first kappa shape index (κ1) is 16.0. The lowest BCUT2D eigenvalue weighted by atomic mass is 10.2. The Morgan fingerprint density at radius 2 is 2.05 bits per heavy atom. The molecule has 1 rings (SSSR count). The van der Waals surface area contributed by atoms with Crippen LogP contribution in [0.1, 0.15) is 30.6 Å². The zero-order valence-corrected chi connectivity index (χ0v) is 13.0. The van der Waals surface area contributed by atoms with E-state index in [0.29, 0.717) is 4.47 Å². The van der Waals surface area contributed by atoms with Gasteiger partial charge in [-0.2, -0.15) is 0 Å². The van der Waals surface area contributed by atoms with Gasteiger partial charge in [-0.3, -0.25) is 0 Å². The Labute approximate surface area is 122 Å². The van der Waals surface area contributed by atoms with E-state index in [9.17, 15) is 4.79 Å². The van der Waals surface area contributed by atoms with Crippen LogP contribution in [0.2, 0.25) is 0 Å². The van der Waals surface area contributed by atoms with Crippen LogP contribution in [0.25, 0.3) is 0 Å². The molecule has 0 saturated heterocycles. The van der Waals surface area contributed by atoms with Crippen LogP contribution < -0.4 is 5.32 Å². The van der Waals surface area contributed by atoms with Crippen molar-refractivity contribution in [3.63, 3.8) is 0 Å². The highest BCUT2D eigenvalue weighted by molar-refractivity contribution is 9.10. The average molecular weight is 329 g/mol. The highest BCUT2D eigenvalue weighted by Gasteiger charge is 2.08. The molecule has 0 spiro atoms. The molecule has 0 atom stereocenters. The number of anilines is 1. The van der Waals surface area contributed by atoms with Gasteiger partial charge in [0.2, 0.25) is 0 Å². The molecule has 0 aliphatic rings. The molecule has 0 aliphatic heterocycles. The maximum atomic E-state index is 10.9. The molecular formula is C14H21BrN2O2. The molecule has 19 heavy (non-hydrogen) atoms. The topological polar surface area (TPSA) is 52.6 Å². The van der Waals surface area contributed by atoms with E-state index in [1.54, 1.807) is 18.2 Å². The number of aromatic carboxylic acids is 1. The molecular weight excluding hydrogens is 308 g/mol. The Bertz CT molecular complexity index is 420. The predicted molar refractivity (Wildman–Crippen MR) is 82.0 cm³/mol. The Morgan fingerprint density at radius 1 is 1.37 bits per heavy atom. The number of carboxylic acids is 1.